The van der Waals surface area contributed by atoms with E-state index in [0.717, 1.165) is 37.7 Å². The van der Waals surface area contributed by atoms with Gasteiger partial charge in [-0.1, -0.05) is 12.1 Å². The number of benzene rings is 1. The molecular weight excluding hydrogens is 288 g/mol. The minimum Gasteiger partial charge on any atom is -0.341 e. The van der Waals surface area contributed by atoms with Crippen molar-refractivity contribution in [3.05, 3.63) is 35.6 Å². The quantitative estimate of drug-likeness (QED) is 0.848. The van der Waals surface area contributed by atoms with Crippen molar-refractivity contribution in [2.75, 3.05) is 19.6 Å². The van der Waals surface area contributed by atoms with Crippen LogP contribution >= 0.6 is 0 Å². The number of nitrogens with one attached hydrogen (secondary N) is 1. The third-order valence-corrected chi connectivity index (χ3v) is 3.42. The molecule has 0 radical (unpaired) electrons. The molecule has 0 aromatic heterocycles. The van der Waals surface area contributed by atoms with E-state index in [4.69, 9.17) is 0 Å². The zero-order valence-electron chi connectivity index (χ0n) is 11.3. The van der Waals surface area contributed by atoms with Crippen molar-refractivity contribution in [3.63, 3.8) is 0 Å². The lowest BCUT2D eigenvalue weighted by Gasteiger charge is -2.30. The van der Waals surface area contributed by atoms with E-state index >= 15 is 0 Å². The van der Waals surface area contributed by atoms with Crippen LogP contribution in [-0.2, 0) is 4.79 Å². The monoisotopic (exact) mass is 304 g/mol. The number of likely N-dealkylation sites (tertiary alicyclic amines) is 1. The first-order valence-corrected chi connectivity index (χ1v) is 6.70. The molecule has 116 valence electrons. The van der Waals surface area contributed by atoms with Gasteiger partial charge in [-0.25, -0.2) is 4.39 Å². The lowest BCUT2D eigenvalue weighted by molar-refractivity contribution is -0.163. The van der Waals surface area contributed by atoms with Gasteiger partial charge in [0.2, 0.25) is 5.91 Å². The largest absolute Gasteiger partial charge is 0.412 e. The number of rotatable bonds is 5. The Bertz CT molecular complexity index is 500. The van der Waals surface area contributed by atoms with Crippen LogP contribution in [0.2, 0.25) is 0 Å². The molecule has 0 spiro atoms. The van der Waals surface area contributed by atoms with E-state index in [-0.39, 0.29) is 12.0 Å². The Labute approximate surface area is 119 Å². The summed E-state index contributed by atoms with van der Waals surface area (Å²) in [6, 6.07) is 2.00. The van der Waals surface area contributed by atoms with E-state index < -0.39 is 23.9 Å². The molecule has 7 heteroatoms. The molecular formula is C14H16F4N2O. The summed E-state index contributed by atoms with van der Waals surface area (Å²) in [6.07, 6.45) is -3.61. The van der Waals surface area contributed by atoms with Crippen LogP contribution in [0.1, 0.15) is 24.4 Å². The number of nitrogens with zero attached hydrogens (tertiary/aromatic N) is 1. The highest BCUT2D eigenvalue weighted by Gasteiger charge is 2.42. The number of carbonyl (C=O) groups excluding carboxylic acids is 1. The molecule has 1 aliphatic rings. The molecule has 0 saturated carbocycles. The van der Waals surface area contributed by atoms with Gasteiger partial charge in [-0.05, 0) is 37.2 Å². The van der Waals surface area contributed by atoms with Gasteiger partial charge in [-0.2, -0.15) is 13.2 Å². The molecule has 1 fully saturated rings. The maximum Gasteiger partial charge on any atom is 0.412 e. The standard InChI is InChI=1S/C14H16F4N2O/c15-11-4-1-3-10(9-11)13(14(16,17)18)19-12(21)5-8-20-6-2-7-20/h1,3-4,9,13H,2,5-8H2,(H,19,21). The molecule has 2 rings (SSSR count). The summed E-state index contributed by atoms with van der Waals surface area (Å²) in [7, 11) is 0. The van der Waals surface area contributed by atoms with Gasteiger partial charge in [0.15, 0.2) is 6.04 Å². The average Bonchev–Trinajstić information content (AvgIpc) is 2.32. The van der Waals surface area contributed by atoms with Crippen LogP contribution in [0.4, 0.5) is 17.6 Å². The molecule has 1 N–H and O–H groups in total. The maximum absolute atomic E-state index is 13.1. The van der Waals surface area contributed by atoms with Gasteiger partial charge >= 0.3 is 6.18 Å². The van der Waals surface area contributed by atoms with Gasteiger partial charge in [0.25, 0.3) is 0 Å². The topological polar surface area (TPSA) is 32.3 Å². The first-order valence-electron chi connectivity index (χ1n) is 6.70. The number of carbonyl (C=O) groups is 1. The smallest absolute Gasteiger partial charge is 0.341 e. The molecule has 1 aromatic rings. The predicted octanol–water partition coefficient (Wildman–Crippen LogP) is 2.64. The summed E-state index contributed by atoms with van der Waals surface area (Å²) in [5, 5.41) is 1.95. The minimum atomic E-state index is -4.67. The Hall–Kier alpha value is -1.63. The Balaban J connectivity index is 2.01. The number of halogens is 4. The first kappa shape index (κ1) is 15.8. The highest BCUT2D eigenvalue weighted by molar-refractivity contribution is 5.76. The molecule has 0 aliphatic carbocycles. The molecule has 1 saturated heterocycles. The summed E-state index contributed by atoms with van der Waals surface area (Å²) in [4.78, 5) is 13.7. The highest BCUT2D eigenvalue weighted by atomic mass is 19.4. The molecule has 1 aliphatic heterocycles. The Morgan fingerprint density at radius 1 is 1.33 bits per heavy atom. The summed E-state index contributed by atoms with van der Waals surface area (Å²) in [6.45, 7) is 2.19. The van der Waals surface area contributed by atoms with Crippen molar-refractivity contribution in [2.45, 2.75) is 25.1 Å². The molecule has 1 heterocycles. The van der Waals surface area contributed by atoms with Gasteiger partial charge in [0.1, 0.15) is 5.82 Å². The second kappa shape index (κ2) is 6.43. The van der Waals surface area contributed by atoms with Crippen LogP contribution in [0.25, 0.3) is 0 Å². The van der Waals surface area contributed by atoms with Crippen LogP contribution in [0.5, 0.6) is 0 Å². The van der Waals surface area contributed by atoms with Gasteiger partial charge in [-0.15, -0.1) is 0 Å². The van der Waals surface area contributed by atoms with Crippen molar-refractivity contribution < 1.29 is 22.4 Å². The molecule has 1 unspecified atom stereocenters. The zero-order chi connectivity index (χ0) is 15.5. The predicted molar refractivity (Wildman–Crippen MR) is 69.0 cm³/mol. The van der Waals surface area contributed by atoms with Crippen LogP contribution in [0.3, 0.4) is 0 Å². The van der Waals surface area contributed by atoms with Crippen LogP contribution in [0, 0.1) is 5.82 Å². The third kappa shape index (κ3) is 4.42. The fourth-order valence-electron chi connectivity index (χ4n) is 2.14. The van der Waals surface area contributed by atoms with Crippen molar-refractivity contribution in [1.82, 2.24) is 10.2 Å². The first-order chi connectivity index (χ1) is 9.86. The molecule has 1 aromatic carbocycles. The Morgan fingerprint density at radius 3 is 2.57 bits per heavy atom. The van der Waals surface area contributed by atoms with Crippen molar-refractivity contribution >= 4 is 5.91 Å². The van der Waals surface area contributed by atoms with Gasteiger partial charge in [-0.3, -0.25) is 4.79 Å². The fraction of sp³-hybridized carbons (Fsp3) is 0.500. The van der Waals surface area contributed by atoms with Crippen molar-refractivity contribution in [1.29, 1.82) is 0 Å². The third-order valence-electron chi connectivity index (χ3n) is 3.42. The van der Waals surface area contributed by atoms with E-state index in [1.807, 2.05) is 10.2 Å². The summed E-state index contributed by atoms with van der Waals surface area (Å²) in [5.74, 6) is -1.45. The summed E-state index contributed by atoms with van der Waals surface area (Å²) < 4.78 is 52.2. The van der Waals surface area contributed by atoms with Gasteiger partial charge < -0.3 is 10.2 Å². The van der Waals surface area contributed by atoms with E-state index in [0.29, 0.717) is 6.54 Å². The number of hydrogen-bond donors (Lipinski definition) is 1. The normalized spacial score (nSPS) is 17.1. The molecule has 1 amide bonds. The Morgan fingerprint density at radius 2 is 2.05 bits per heavy atom. The van der Waals surface area contributed by atoms with E-state index in [2.05, 4.69) is 0 Å². The van der Waals surface area contributed by atoms with E-state index in [9.17, 15) is 22.4 Å². The van der Waals surface area contributed by atoms with Gasteiger partial charge in [0.05, 0.1) is 0 Å². The lowest BCUT2D eigenvalue weighted by atomic mass is 10.1. The highest BCUT2D eigenvalue weighted by Crippen LogP contribution is 2.32. The minimum absolute atomic E-state index is 0.00188. The summed E-state index contributed by atoms with van der Waals surface area (Å²) >= 11 is 0. The lowest BCUT2D eigenvalue weighted by Crippen LogP contribution is -2.42. The van der Waals surface area contributed by atoms with Crippen LogP contribution < -0.4 is 5.32 Å². The second-order valence-corrected chi connectivity index (χ2v) is 5.04. The van der Waals surface area contributed by atoms with E-state index in [1.54, 1.807) is 0 Å². The Kier molecular flexibility index (Phi) is 4.82. The average molecular weight is 304 g/mol. The van der Waals surface area contributed by atoms with Crippen LogP contribution in [-0.4, -0.2) is 36.6 Å². The fourth-order valence-corrected chi connectivity index (χ4v) is 2.14. The number of amides is 1. The van der Waals surface area contributed by atoms with Crippen LogP contribution in [0.15, 0.2) is 24.3 Å². The molecule has 3 nitrogen and oxygen atoms in total. The van der Waals surface area contributed by atoms with Gasteiger partial charge in [0, 0.05) is 13.0 Å². The SMILES string of the molecule is O=C(CCN1CCC1)NC(c1cccc(F)c1)C(F)(F)F. The molecule has 0 bridgehead atoms. The van der Waals surface area contributed by atoms with E-state index in [1.165, 1.54) is 6.07 Å². The molecule has 21 heavy (non-hydrogen) atoms. The molecule has 1 atom stereocenters. The maximum atomic E-state index is 13.1. The number of hydrogen-bond acceptors (Lipinski definition) is 2. The van der Waals surface area contributed by atoms with Crippen molar-refractivity contribution in [3.8, 4) is 0 Å². The summed E-state index contributed by atoms with van der Waals surface area (Å²) in [5.41, 5.74) is -0.306. The second-order valence-electron chi connectivity index (χ2n) is 5.04. The zero-order valence-corrected chi connectivity index (χ0v) is 11.3. The van der Waals surface area contributed by atoms with Crippen molar-refractivity contribution in [2.24, 2.45) is 0 Å². The number of alkyl halides is 3.